The van der Waals surface area contributed by atoms with Crippen molar-refractivity contribution in [3.05, 3.63) is 30.3 Å². The van der Waals surface area contributed by atoms with Gasteiger partial charge in [0.25, 0.3) is 0 Å². The number of hydrogen-bond donors (Lipinski definition) is 0. The molecule has 0 amide bonds. The van der Waals surface area contributed by atoms with E-state index in [4.69, 9.17) is 9.47 Å². The molecule has 0 fully saturated rings. The summed E-state index contributed by atoms with van der Waals surface area (Å²) >= 11 is 0. The molecule has 0 radical (unpaired) electrons. The van der Waals surface area contributed by atoms with Gasteiger partial charge in [-0.25, -0.2) is 0 Å². The van der Waals surface area contributed by atoms with Crippen LogP contribution in [0, 0.1) is 0 Å². The maximum atomic E-state index is 10.7. The number of methoxy groups -OCH3 is 1. The van der Waals surface area contributed by atoms with Gasteiger partial charge in [0.05, 0.1) is 7.11 Å². The molecule has 0 unspecified atom stereocenters. The number of carbonyl (C=O) groups excluding carboxylic acids is 1. The lowest BCUT2D eigenvalue weighted by Gasteiger charge is -2.05. The molecule has 0 aliphatic rings. The van der Waals surface area contributed by atoms with Crippen molar-refractivity contribution in [2.45, 2.75) is 6.92 Å². The molecule has 1 aromatic carbocycles. The van der Waals surface area contributed by atoms with Crippen molar-refractivity contribution < 1.29 is 14.3 Å². The van der Waals surface area contributed by atoms with E-state index in [0.717, 1.165) is 5.56 Å². The highest BCUT2D eigenvalue weighted by Crippen LogP contribution is 2.23. The van der Waals surface area contributed by atoms with Gasteiger partial charge in [0.1, 0.15) is 11.5 Å². The summed E-state index contributed by atoms with van der Waals surface area (Å²) in [7, 11) is 1.56. The molecule has 14 heavy (non-hydrogen) atoms. The number of esters is 1. The second kappa shape index (κ2) is 4.46. The Morgan fingerprint density at radius 1 is 1.36 bits per heavy atom. The van der Waals surface area contributed by atoms with E-state index in [1.54, 1.807) is 31.4 Å². The Bertz CT molecular complexity index is 356. The summed E-state index contributed by atoms with van der Waals surface area (Å²) in [4.78, 5) is 10.7. The minimum atomic E-state index is -0.353. The van der Waals surface area contributed by atoms with Gasteiger partial charge in [-0.3, -0.25) is 4.79 Å². The van der Waals surface area contributed by atoms with Gasteiger partial charge in [0, 0.05) is 13.0 Å². The van der Waals surface area contributed by atoms with Crippen LogP contribution in [0.2, 0.25) is 0 Å². The van der Waals surface area contributed by atoms with E-state index in [2.05, 4.69) is 6.58 Å². The van der Waals surface area contributed by atoms with E-state index in [1.807, 2.05) is 0 Å². The van der Waals surface area contributed by atoms with Crippen molar-refractivity contribution in [2.75, 3.05) is 7.11 Å². The zero-order valence-electron chi connectivity index (χ0n) is 8.24. The summed E-state index contributed by atoms with van der Waals surface area (Å²) < 4.78 is 9.97. The van der Waals surface area contributed by atoms with Gasteiger partial charge in [-0.15, -0.1) is 0 Å². The predicted octanol–water partition coefficient (Wildman–Crippen LogP) is 2.26. The van der Waals surface area contributed by atoms with E-state index in [0.29, 0.717) is 11.5 Å². The summed E-state index contributed by atoms with van der Waals surface area (Å²) in [6.45, 7) is 4.98. The highest BCUT2D eigenvalue weighted by molar-refractivity contribution is 5.70. The van der Waals surface area contributed by atoms with Crippen molar-refractivity contribution >= 4 is 12.0 Å². The average molecular weight is 192 g/mol. The molecule has 0 heterocycles. The first kappa shape index (κ1) is 10.3. The van der Waals surface area contributed by atoms with Crippen molar-refractivity contribution in [1.82, 2.24) is 0 Å². The van der Waals surface area contributed by atoms with Crippen LogP contribution < -0.4 is 9.47 Å². The van der Waals surface area contributed by atoms with Gasteiger partial charge in [-0.1, -0.05) is 12.7 Å². The third kappa shape index (κ3) is 2.62. The molecular weight excluding hydrogens is 180 g/mol. The van der Waals surface area contributed by atoms with Crippen LogP contribution in [0.15, 0.2) is 24.8 Å². The highest BCUT2D eigenvalue weighted by atomic mass is 16.5. The van der Waals surface area contributed by atoms with Crippen molar-refractivity contribution in [1.29, 1.82) is 0 Å². The predicted molar refractivity (Wildman–Crippen MR) is 54.4 cm³/mol. The zero-order valence-corrected chi connectivity index (χ0v) is 8.24. The molecule has 0 aliphatic heterocycles. The molecule has 0 aromatic heterocycles. The fraction of sp³-hybridized carbons (Fsp3) is 0.182. The third-order valence-corrected chi connectivity index (χ3v) is 1.64. The molecule has 3 nitrogen and oxygen atoms in total. The molecule has 0 N–H and O–H groups in total. The van der Waals surface area contributed by atoms with Gasteiger partial charge >= 0.3 is 5.97 Å². The lowest BCUT2D eigenvalue weighted by molar-refractivity contribution is -0.131. The molecule has 74 valence electrons. The molecule has 0 aliphatic carbocycles. The van der Waals surface area contributed by atoms with E-state index >= 15 is 0 Å². The fourth-order valence-corrected chi connectivity index (χ4v) is 1.05. The first-order valence-corrected chi connectivity index (χ1v) is 4.15. The average Bonchev–Trinajstić information content (AvgIpc) is 2.16. The Labute approximate surface area is 83.0 Å². The van der Waals surface area contributed by atoms with Crippen molar-refractivity contribution in [3.8, 4) is 11.5 Å². The SMILES string of the molecule is C=Cc1cc(OC)cc(OC(C)=O)c1. The molecule has 0 spiro atoms. The van der Waals surface area contributed by atoms with Gasteiger partial charge < -0.3 is 9.47 Å². The summed E-state index contributed by atoms with van der Waals surface area (Å²) in [5.74, 6) is 0.749. The summed E-state index contributed by atoms with van der Waals surface area (Å²) in [5, 5.41) is 0. The fourth-order valence-electron chi connectivity index (χ4n) is 1.05. The second-order valence-corrected chi connectivity index (χ2v) is 2.74. The topological polar surface area (TPSA) is 35.5 Å². The number of hydrogen-bond acceptors (Lipinski definition) is 3. The summed E-state index contributed by atoms with van der Waals surface area (Å²) in [6, 6.07) is 5.17. The van der Waals surface area contributed by atoms with E-state index in [1.165, 1.54) is 6.92 Å². The minimum absolute atomic E-state index is 0.353. The Kier molecular flexibility index (Phi) is 3.29. The van der Waals surface area contributed by atoms with Crippen molar-refractivity contribution in [3.63, 3.8) is 0 Å². The van der Waals surface area contributed by atoms with Gasteiger partial charge in [-0.2, -0.15) is 0 Å². The minimum Gasteiger partial charge on any atom is -0.497 e. The molecule has 3 heteroatoms. The normalized spacial score (nSPS) is 9.29. The van der Waals surface area contributed by atoms with Gasteiger partial charge in [0.2, 0.25) is 0 Å². The molecule has 0 saturated heterocycles. The molecule has 0 saturated carbocycles. The second-order valence-electron chi connectivity index (χ2n) is 2.74. The van der Waals surface area contributed by atoms with Crippen molar-refractivity contribution in [2.24, 2.45) is 0 Å². The Hall–Kier alpha value is -1.77. The lowest BCUT2D eigenvalue weighted by atomic mass is 10.2. The quantitative estimate of drug-likeness (QED) is 0.544. The van der Waals surface area contributed by atoms with E-state index in [-0.39, 0.29) is 5.97 Å². The van der Waals surface area contributed by atoms with Crippen LogP contribution >= 0.6 is 0 Å². The van der Waals surface area contributed by atoms with Crippen LogP contribution in [0.5, 0.6) is 11.5 Å². The number of carbonyl (C=O) groups is 1. The van der Waals surface area contributed by atoms with Gasteiger partial charge in [-0.05, 0) is 17.7 Å². The standard InChI is InChI=1S/C11H12O3/c1-4-9-5-10(13-3)7-11(6-9)14-8(2)12/h4-7H,1H2,2-3H3. The Morgan fingerprint density at radius 2 is 2.00 bits per heavy atom. The summed E-state index contributed by atoms with van der Waals surface area (Å²) in [5.41, 5.74) is 0.848. The maximum Gasteiger partial charge on any atom is 0.308 e. The monoisotopic (exact) mass is 192 g/mol. The first-order chi connectivity index (χ1) is 6.65. The third-order valence-electron chi connectivity index (χ3n) is 1.64. The highest BCUT2D eigenvalue weighted by Gasteiger charge is 2.02. The maximum absolute atomic E-state index is 10.7. The summed E-state index contributed by atoms with van der Waals surface area (Å²) in [6.07, 6.45) is 1.66. The number of ether oxygens (including phenoxy) is 2. The van der Waals surface area contributed by atoms with Crippen LogP contribution in [0.3, 0.4) is 0 Å². The van der Waals surface area contributed by atoms with Gasteiger partial charge in [0.15, 0.2) is 0 Å². The van der Waals surface area contributed by atoms with E-state index in [9.17, 15) is 4.79 Å². The largest absolute Gasteiger partial charge is 0.497 e. The Balaban J connectivity index is 3.03. The molecular formula is C11H12O3. The smallest absolute Gasteiger partial charge is 0.308 e. The molecule has 0 bridgehead atoms. The molecule has 1 rings (SSSR count). The molecule has 1 aromatic rings. The number of rotatable bonds is 3. The first-order valence-electron chi connectivity index (χ1n) is 4.15. The van der Waals surface area contributed by atoms with Crippen LogP contribution in [0.4, 0.5) is 0 Å². The number of benzene rings is 1. The van der Waals surface area contributed by atoms with Crippen LogP contribution in [0.25, 0.3) is 6.08 Å². The van der Waals surface area contributed by atoms with Crippen LogP contribution in [-0.2, 0) is 4.79 Å². The molecule has 0 atom stereocenters. The Morgan fingerprint density at radius 3 is 2.50 bits per heavy atom. The lowest BCUT2D eigenvalue weighted by Crippen LogP contribution is -2.01. The van der Waals surface area contributed by atoms with Crippen LogP contribution in [-0.4, -0.2) is 13.1 Å². The van der Waals surface area contributed by atoms with E-state index < -0.39 is 0 Å². The zero-order chi connectivity index (χ0) is 10.6. The van der Waals surface area contributed by atoms with Crippen LogP contribution in [0.1, 0.15) is 12.5 Å².